The Labute approximate surface area is 141 Å². The number of hydrogen-bond donors (Lipinski definition) is 3. The molecule has 0 saturated heterocycles. The molecule has 0 aliphatic carbocycles. The van der Waals surface area contributed by atoms with Crippen molar-refractivity contribution in [1.29, 1.82) is 0 Å². The van der Waals surface area contributed by atoms with Crippen LogP contribution in [0.25, 0.3) is 0 Å². The Hall–Kier alpha value is -2.57. The minimum atomic E-state index is -0.906. The van der Waals surface area contributed by atoms with E-state index in [0.29, 0.717) is 12.1 Å². The predicted molar refractivity (Wildman–Crippen MR) is 89.9 cm³/mol. The van der Waals surface area contributed by atoms with E-state index in [2.05, 4.69) is 10.6 Å². The normalized spacial score (nSPS) is 12.2. The van der Waals surface area contributed by atoms with Crippen LogP contribution in [0, 0.1) is 0 Å². The number of alkyl carbamates (subject to hydrolysis) is 1. The molecule has 1 rings (SSSR count). The Balaban J connectivity index is 2.67. The molecule has 0 aliphatic heterocycles. The summed E-state index contributed by atoms with van der Waals surface area (Å²) in [6.45, 7) is 6.74. The summed E-state index contributed by atoms with van der Waals surface area (Å²) in [5.41, 5.74) is 0.600. The number of hydrogen-bond acceptors (Lipinski definition) is 4. The summed E-state index contributed by atoms with van der Waals surface area (Å²) in [6, 6.07) is 6.16. The van der Waals surface area contributed by atoms with Crippen LogP contribution in [0.15, 0.2) is 24.3 Å². The molecule has 0 aliphatic rings. The molecule has 0 heterocycles. The van der Waals surface area contributed by atoms with E-state index in [1.54, 1.807) is 52.0 Å². The van der Waals surface area contributed by atoms with Gasteiger partial charge >= 0.3 is 12.1 Å². The third kappa shape index (κ3) is 7.13. The van der Waals surface area contributed by atoms with Gasteiger partial charge in [0.05, 0.1) is 0 Å². The molecule has 1 unspecified atom stereocenters. The van der Waals surface area contributed by atoms with Crippen LogP contribution in [0.4, 0.5) is 10.5 Å². The fourth-order valence-electron chi connectivity index (χ4n) is 1.89. The number of aryl methyl sites for hydroxylation is 1. The monoisotopic (exact) mass is 336 g/mol. The number of carbonyl (C=O) groups is 3. The minimum absolute atomic E-state index is 0.0292. The molecule has 132 valence electrons. The molecular formula is C17H24N2O5. The molecule has 1 atom stereocenters. The fraction of sp³-hybridized carbons (Fsp3) is 0.471. The lowest BCUT2D eigenvalue weighted by molar-refractivity contribution is -0.137. The highest BCUT2D eigenvalue weighted by Gasteiger charge is 2.21. The van der Waals surface area contributed by atoms with Crippen molar-refractivity contribution < 1.29 is 24.2 Å². The third-order valence-electron chi connectivity index (χ3n) is 3.01. The van der Waals surface area contributed by atoms with Crippen LogP contribution in [-0.2, 0) is 20.7 Å². The van der Waals surface area contributed by atoms with Crippen molar-refractivity contribution in [1.82, 2.24) is 5.32 Å². The Morgan fingerprint density at radius 1 is 1.21 bits per heavy atom. The van der Waals surface area contributed by atoms with Gasteiger partial charge in [-0.2, -0.15) is 0 Å². The van der Waals surface area contributed by atoms with Crippen molar-refractivity contribution in [2.24, 2.45) is 0 Å². The first-order chi connectivity index (χ1) is 11.1. The van der Waals surface area contributed by atoms with E-state index >= 15 is 0 Å². The summed E-state index contributed by atoms with van der Waals surface area (Å²) >= 11 is 0. The van der Waals surface area contributed by atoms with Crippen molar-refractivity contribution in [3.63, 3.8) is 0 Å². The zero-order valence-corrected chi connectivity index (χ0v) is 14.4. The van der Waals surface area contributed by atoms with Crippen LogP contribution in [-0.4, -0.2) is 34.7 Å². The second kappa shape index (κ2) is 8.33. The van der Waals surface area contributed by atoms with Crippen molar-refractivity contribution >= 4 is 23.7 Å². The van der Waals surface area contributed by atoms with Gasteiger partial charge in [0.25, 0.3) is 0 Å². The Bertz CT molecular complexity index is 607. The highest BCUT2D eigenvalue weighted by Crippen LogP contribution is 2.17. The lowest BCUT2D eigenvalue weighted by Gasteiger charge is -2.22. The second-order valence-electron chi connectivity index (χ2n) is 6.41. The van der Waals surface area contributed by atoms with E-state index in [1.165, 1.54) is 0 Å². The molecule has 7 heteroatoms. The minimum Gasteiger partial charge on any atom is -0.481 e. The summed E-state index contributed by atoms with van der Waals surface area (Å²) in [4.78, 5) is 34.6. The van der Waals surface area contributed by atoms with Gasteiger partial charge in [-0.1, -0.05) is 18.2 Å². The van der Waals surface area contributed by atoms with E-state index in [9.17, 15) is 14.4 Å². The number of para-hydroxylation sites is 1. The lowest BCUT2D eigenvalue weighted by Crippen LogP contribution is -2.44. The van der Waals surface area contributed by atoms with Crippen LogP contribution < -0.4 is 10.6 Å². The summed E-state index contributed by atoms with van der Waals surface area (Å²) in [6.07, 6.45) is -0.401. The number of carbonyl (C=O) groups excluding carboxylic acids is 2. The Morgan fingerprint density at radius 3 is 2.42 bits per heavy atom. The first-order valence-electron chi connectivity index (χ1n) is 7.68. The summed E-state index contributed by atoms with van der Waals surface area (Å²) in [5.74, 6) is -1.32. The summed E-state index contributed by atoms with van der Waals surface area (Å²) < 4.78 is 5.10. The number of amides is 2. The lowest BCUT2D eigenvalue weighted by atomic mass is 10.1. The van der Waals surface area contributed by atoms with E-state index in [0.717, 1.165) is 5.56 Å². The van der Waals surface area contributed by atoms with E-state index in [1.807, 2.05) is 0 Å². The van der Waals surface area contributed by atoms with Gasteiger partial charge in [-0.25, -0.2) is 4.79 Å². The van der Waals surface area contributed by atoms with Crippen LogP contribution in [0.2, 0.25) is 0 Å². The molecule has 0 bridgehead atoms. The maximum atomic E-state index is 12.2. The third-order valence-corrected chi connectivity index (χ3v) is 3.01. The van der Waals surface area contributed by atoms with Gasteiger partial charge in [-0.15, -0.1) is 0 Å². The molecule has 1 aromatic carbocycles. The van der Waals surface area contributed by atoms with Gasteiger partial charge in [0.2, 0.25) is 5.91 Å². The average molecular weight is 336 g/mol. The quantitative estimate of drug-likeness (QED) is 0.740. The average Bonchev–Trinajstić information content (AvgIpc) is 2.44. The topological polar surface area (TPSA) is 105 Å². The van der Waals surface area contributed by atoms with Gasteiger partial charge in [0, 0.05) is 12.1 Å². The number of benzene rings is 1. The fourth-order valence-corrected chi connectivity index (χ4v) is 1.89. The zero-order chi connectivity index (χ0) is 18.3. The first kappa shape index (κ1) is 19.5. The molecule has 7 nitrogen and oxygen atoms in total. The summed E-state index contributed by atoms with van der Waals surface area (Å²) in [7, 11) is 0. The summed E-state index contributed by atoms with van der Waals surface area (Å²) in [5, 5.41) is 13.9. The van der Waals surface area contributed by atoms with Gasteiger partial charge < -0.3 is 20.5 Å². The predicted octanol–water partition coefficient (Wildman–Crippen LogP) is 2.56. The highest BCUT2D eigenvalue weighted by molar-refractivity contribution is 5.96. The molecule has 0 fully saturated rings. The number of rotatable bonds is 6. The molecule has 24 heavy (non-hydrogen) atoms. The van der Waals surface area contributed by atoms with Crippen molar-refractivity contribution in [3.05, 3.63) is 29.8 Å². The number of aliphatic carboxylic acids is 1. The molecule has 0 radical (unpaired) electrons. The Morgan fingerprint density at radius 2 is 1.83 bits per heavy atom. The van der Waals surface area contributed by atoms with E-state index in [-0.39, 0.29) is 6.42 Å². The Kier molecular flexibility index (Phi) is 6.76. The number of anilines is 1. The van der Waals surface area contributed by atoms with Gasteiger partial charge in [0.1, 0.15) is 11.6 Å². The smallest absolute Gasteiger partial charge is 0.408 e. The van der Waals surface area contributed by atoms with Gasteiger partial charge in [-0.3, -0.25) is 9.59 Å². The highest BCUT2D eigenvalue weighted by atomic mass is 16.6. The van der Waals surface area contributed by atoms with Crippen LogP contribution in [0.5, 0.6) is 0 Å². The van der Waals surface area contributed by atoms with Crippen LogP contribution in [0.3, 0.4) is 0 Å². The standard InChI is InChI=1S/C17H24N2O5/c1-11(18-16(23)24-17(2,3)4)15(22)19-13-8-6-5-7-12(13)9-10-14(20)21/h5-8,11H,9-10H2,1-4H3,(H,18,23)(H,19,22)(H,20,21). The van der Waals surface area contributed by atoms with E-state index in [4.69, 9.17) is 9.84 Å². The van der Waals surface area contributed by atoms with Crippen LogP contribution in [0.1, 0.15) is 39.7 Å². The molecule has 0 saturated carbocycles. The second-order valence-corrected chi connectivity index (χ2v) is 6.41. The van der Waals surface area contributed by atoms with Gasteiger partial charge in [-0.05, 0) is 45.7 Å². The van der Waals surface area contributed by atoms with Crippen LogP contribution >= 0.6 is 0 Å². The number of ether oxygens (including phenoxy) is 1. The van der Waals surface area contributed by atoms with Crippen molar-refractivity contribution in [2.45, 2.75) is 52.2 Å². The maximum Gasteiger partial charge on any atom is 0.408 e. The van der Waals surface area contributed by atoms with Gasteiger partial charge in [0.15, 0.2) is 0 Å². The molecular weight excluding hydrogens is 312 g/mol. The molecule has 3 N–H and O–H groups in total. The molecule has 1 aromatic rings. The number of carboxylic acid groups (broad SMARTS) is 1. The first-order valence-corrected chi connectivity index (χ1v) is 7.68. The SMILES string of the molecule is CC(NC(=O)OC(C)(C)C)C(=O)Nc1ccccc1CCC(=O)O. The van der Waals surface area contributed by atoms with E-state index < -0.39 is 29.6 Å². The number of nitrogens with one attached hydrogen (secondary N) is 2. The van der Waals surface area contributed by atoms with Crippen molar-refractivity contribution in [3.8, 4) is 0 Å². The zero-order valence-electron chi connectivity index (χ0n) is 14.4. The largest absolute Gasteiger partial charge is 0.481 e. The molecule has 0 aromatic heterocycles. The molecule has 2 amide bonds. The van der Waals surface area contributed by atoms with Crippen molar-refractivity contribution in [2.75, 3.05) is 5.32 Å². The molecule has 0 spiro atoms. The maximum absolute atomic E-state index is 12.2. The number of carboxylic acids is 1.